The van der Waals surface area contributed by atoms with E-state index in [1.807, 2.05) is 43.3 Å². The van der Waals surface area contributed by atoms with Gasteiger partial charge in [-0.25, -0.2) is 4.79 Å². The Morgan fingerprint density at radius 3 is 2.53 bits per heavy atom. The average Bonchev–Trinajstić information content (AvgIpc) is 2.75. The van der Waals surface area contributed by atoms with Crippen molar-refractivity contribution < 1.29 is 19.1 Å². The maximum Gasteiger partial charge on any atom is 0.322 e. The summed E-state index contributed by atoms with van der Waals surface area (Å²) in [5.74, 6) is 1.20. The molecule has 1 unspecified atom stereocenters. The van der Waals surface area contributed by atoms with Gasteiger partial charge in [0.05, 0.1) is 20.3 Å². The Labute approximate surface area is 177 Å². The van der Waals surface area contributed by atoms with Crippen molar-refractivity contribution in [3.63, 3.8) is 0 Å². The topological polar surface area (TPSA) is 79.9 Å². The van der Waals surface area contributed by atoms with Crippen molar-refractivity contribution in [1.29, 1.82) is 0 Å². The number of hydrogen-bond acceptors (Lipinski definition) is 4. The number of urea groups is 1. The monoisotopic (exact) mass is 411 g/mol. The highest BCUT2D eigenvalue weighted by molar-refractivity contribution is 5.90. The SMILES string of the molecule is CCC(=O)NCC1c2cc(OC)c(OC)cc2CCN1C(=O)Nc1cccc(C)c1. The fourth-order valence-corrected chi connectivity index (χ4v) is 3.74. The molecule has 1 aliphatic heterocycles. The van der Waals surface area contributed by atoms with Gasteiger partial charge in [-0.1, -0.05) is 19.1 Å². The van der Waals surface area contributed by atoms with Crippen LogP contribution in [0.4, 0.5) is 10.5 Å². The second-order valence-corrected chi connectivity index (χ2v) is 7.32. The molecule has 0 saturated carbocycles. The van der Waals surface area contributed by atoms with Crippen LogP contribution in [-0.2, 0) is 11.2 Å². The molecular formula is C23H29N3O4. The first-order chi connectivity index (χ1) is 14.5. The van der Waals surface area contributed by atoms with Gasteiger partial charge in [0.2, 0.25) is 5.91 Å². The second kappa shape index (κ2) is 9.52. The molecule has 3 rings (SSSR count). The number of nitrogens with one attached hydrogen (secondary N) is 2. The Balaban J connectivity index is 1.92. The van der Waals surface area contributed by atoms with Gasteiger partial charge in [0.1, 0.15) is 0 Å². The van der Waals surface area contributed by atoms with Crippen molar-refractivity contribution in [2.24, 2.45) is 0 Å². The highest BCUT2D eigenvalue weighted by Crippen LogP contribution is 2.38. The summed E-state index contributed by atoms with van der Waals surface area (Å²) in [5.41, 5.74) is 3.85. The first-order valence-corrected chi connectivity index (χ1v) is 10.1. The molecule has 3 amide bonds. The summed E-state index contributed by atoms with van der Waals surface area (Å²) in [6.07, 6.45) is 1.08. The summed E-state index contributed by atoms with van der Waals surface area (Å²) in [6.45, 7) is 4.65. The van der Waals surface area contributed by atoms with Crippen LogP contribution in [0.5, 0.6) is 11.5 Å². The molecule has 0 radical (unpaired) electrons. The molecule has 7 heteroatoms. The first-order valence-electron chi connectivity index (χ1n) is 10.1. The zero-order valence-electron chi connectivity index (χ0n) is 18.0. The Morgan fingerprint density at radius 2 is 1.87 bits per heavy atom. The van der Waals surface area contributed by atoms with Gasteiger partial charge in [-0.05, 0) is 54.3 Å². The molecule has 0 aromatic heterocycles. The van der Waals surface area contributed by atoms with E-state index < -0.39 is 0 Å². The van der Waals surface area contributed by atoms with Crippen molar-refractivity contribution in [3.05, 3.63) is 53.1 Å². The van der Waals surface area contributed by atoms with Crippen molar-refractivity contribution >= 4 is 17.6 Å². The summed E-state index contributed by atoms with van der Waals surface area (Å²) >= 11 is 0. The molecule has 0 saturated heterocycles. The molecule has 160 valence electrons. The van der Waals surface area contributed by atoms with Gasteiger partial charge in [0, 0.05) is 25.2 Å². The number of amides is 3. The molecule has 2 aromatic carbocycles. The largest absolute Gasteiger partial charge is 0.493 e. The number of ether oxygens (including phenoxy) is 2. The molecule has 2 aromatic rings. The number of benzene rings is 2. The minimum atomic E-state index is -0.311. The van der Waals surface area contributed by atoms with E-state index in [-0.39, 0.29) is 18.0 Å². The maximum atomic E-state index is 13.1. The number of carbonyl (C=O) groups excluding carboxylic acids is 2. The Bertz CT molecular complexity index is 929. The van der Waals surface area contributed by atoms with E-state index in [4.69, 9.17) is 9.47 Å². The third kappa shape index (κ3) is 4.67. The van der Waals surface area contributed by atoms with Gasteiger partial charge < -0.3 is 25.0 Å². The summed E-state index contributed by atoms with van der Waals surface area (Å²) in [6, 6.07) is 11.0. The Morgan fingerprint density at radius 1 is 1.13 bits per heavy atom. The summed E-state index contributed by atoms with van der Waals surface area (Å²) < 4.78 is 10.9. The van der Waals surface area contributed by atoms with Gasteiger partial charge in [-0.3, -0.25) is 4.79 Å². The van der Waals surface area contributed by atoms with Crippen LogP contribution in [-0.4, -0.2) is 44.1 Å². The smallest absolute Gasteiger partial charge is 0.322 e. The lowest BCUT2D eigenvalue weighted by Crippen LogP contribution is -2.46. The van der Waals surface area contributed by atoms with E-state index in [2.05, 4.69) is 10.6 Å². The number of nitrogens with zero attached hydrogens (tertiary/aromatic N) is 1. The van der Waals surface area contributed by atoms with E-state index in [1.54, 1.807) is 26.0 Å². The van der Waals surface area contributed by atoms with Gasteiger partial charge in [0.15, 0.2) is 11.5 Å². The fraction of sp³-hybridized carbons (Fsp3) is 0.391. The van der Waals surface area contributed by atoms with Gasteiger partial charge in [-0.15, -0.1) is 0 Å². The van der Waals surface area contributed by atoms with E-state index in [9.17, 15) is 9.59 Å². The van der Waals surface area contributed by atoms with E-state index in [0.717, 1.165) is 22.4 Å². The summed E-state index contributed by atoms with van der Waals surface area (Å²) in [4.78, 5) is 26.8. The van der Waals surface area contributed by atoms with E-state index >= 15 is 0 Å². The molecular weight excluding hydrogens is 382 g/mol. The van der Waals surface area contributed by atoms with Crippen molar-refractivity contribution in [1.82, 2.24) is 10.2 Å². The number of methoxy groups -OCH3 is 2. The van der Waals surface area contributed by atoms with Gasteiger partial charge in [0.25, 0.3) is 0 Å². The second-order valence-electron chi connectivity index (χ2n) is 7.32. The normalized spacial score (nSPS) is 15.2. The zero-order valence-corrected chi connectivity index (χ0v) is 18.0. The molecule has 1 heterocycles. The lowest BCUT2D eigenvalue weighted by Gasteiger charge is -2.38. The van der Waals surface area contributed by atoms with Crippen LogP contribution in [0.2, 0.25) is 0 Å². The zero-order chi connectivity index (χ0) is 21.7. The number of rotatable bonds is 6. The Hall–Kier alpha value is -3.22. The molecule has 0 spiro atoms. The van der Waals surface area contributed by atoms with Crippen LogP contribution < -0.4 is 20.1 Å². The summed E-state index contributed by atoms with van der Waals surface area (Å²) in [5, 5.41) is 5.92. The fourth-order valence-electron chi connectivity index (χ4n) is 3.74. The standard InChI is InChI=1S/C23H29N3O4/c1-5-22(27)24-14-19-18-13-21(30-4)20(29-3)12-16(18)9-10-26(19)23(28)25-17-8-6-7-15(2)11-17/h6-8,11-13,19H,5,9-10,14H2,1-4H3,(H,24,27)(H,25,28). The molecule has 0 fully saturated rings. The number of fused-ring (bicyclic) bond motifs is 1. The van der Waals surface area contributed by atoms with Gasteiger partial charge >= 0.3 is 6.03 Å². The number of carbonyl (C=O) groups is 2. The minimum absolute atomic E-state index is 0.0540. The van der Waals surface area contributed by atoms with Crippen LogP contribution in [0, 0.1) is 6.92 Å². The highest BCUT2D eigenvalue weighted by atomic mass is 16.5. The summed E-state index contributed by atoms with van der Waals surface area (Å²) in [7, 11) is 3.19. The van der Waals surface area contributed by atoms with Crippen LogP contribution >= 0.6 is 0 Å². The first kappa shape index (κ1) is 21.5. The lowest BCUT2D eigenvalue weighted by molar-refractivity contribution is -0.121. The lowest BCUT2D eigenvalue weighted by atomic mass is 9.91. The Kier molecular flexibility index (Phi) is 6.82. The van der Waals surface area contributed by atoms with Gasteiger partial charge in [-0.2, -0.15) is 0 Å². The molecule has 7 nitrogen and oxygen atoms in total. The number of aryl methyl sites for hydroxylation is 1. The highest BCUT2D eigenvalue weighted by Gasteiger charge is 2.32. The third-order valence-corrected chi connectivity index (χ3v) is 5.35. The molecule has 1 atom stereocenters. The number of anilines is 1. The maximum absolute atomic E-state index is 13.1. The molecule has 1 aliphatic rings. The van der Waals surface area contributed by atoms with Crippen LogP contribution in [0.1, 0.15) is 36.1 Å². The predicted molar refractivity (Wildman–Crippen MR) is 116 cm³/mol. The molecule has 0 bridgehead atoms. The van der Waals surface area contributed by atoms with Crippen molar-refractivity contribution in [2.45, 2.75) is 32.7 Å². The van der Waals surface area contributed by atoms with E-state index in [1.165, 1.54) is 0 Å². The minimum Gasteiger partial charge on any atom is -0.493 e. The van der Waals surface area contributed by atoms with E-state index in [0.29, 0.717) is 37.4 Å². The number of hydrogen-bond donors (Lipinski definition) is 2. The average molecular weight is 412 g/mol. The van der Waals surface area contributed by atoms with Crippen molar-refractivity contribution in [3.8, 4) is 11.5 Å². The van der Waals surface area contributed by atoms with Crippen molar-refractivity contribution in [2.75, 3.05) is 32.6 Å². The molecule has 30 heavy (non-hydrogen) atoms. The van der Waals surface area contributed by atoms with Crippen LogP contribution in [0.3, 0.4) is 0 Å². The molecule has 2 N–H and O–H groups in total. The van der Waals surface area contributed by atoms with Crippen LogP contribution in [0.25, 0.3) is 0 Å². The van der Waals surface area contributed by atoms with Crippen LogP contribution in [0.15, 0.2) is 36.4 Å². The predicted octanol–water partition coefficient (Wildman–Crippen LogP) is 3.67. The molecule has 0 aliphatic carbocycles. The quantitative estimate of drug-likeness (QED) is 0.760. The third-order valence-electron chi connectivity index (χ3n) is 5.35.